The lowest BCUT2D eigenvalue weighted by molar-refractivity contribution is -0.403. The first-order valence-corrected chi connectivity index (χ1v) is 3.27. The standard InChI is InChI=1S/C6H9NO4/c8-7(9)3-6-4-10-1-2-11-5-6/h3H,1-2,4-5H2. The van der Waals surface area contributed by atoms with Crippen molar-refractivity contribution in [3.8, 4) is 0 Å². The normalized spacial score (nSPS) is 19.1. The maximum absolute atomic E-state index is 10.00. The fourth-order valence-corrected chi connectivity index (χ4v) is 0.790. The second-order valence-electron chi connectivity index (χ2n) is 2.18. The molecule has 0 unspecified atom stereocenters. The van der Waals surface area contributed by atoms with Gasteiger partial charge in [-0.1, -0.05) is 0 Å². The van der Waals surface area contributed by atoms with E-state index in [1.54, 1.807) is 0 Å². The maximum Gasteiger partial charge on any atom is 0.238 e. The molecule has 62 valence electrons. The number of rotatable bonds is 1. The minimum absolute atomic E-state index is 0.307. The monoisotopic (exact) mass is 159 g/mol. The SMILES string of the molecule is O=[N+]([O-])C=C1COCCOC1. The summed E-state index contributed by atoms with van der Waals surface area (Å²) in [5, 5.41) is 10.00. The summed E-state index contributed by atoms with van der Waals surface area (Å²) in [5.41, 5.74) is 0.576. The van der Waals surface area contributed by atoms with E-state index in [0.29, 0.717) is 32.0 Å². The Morgan fingerprint density at radius 2 is 1.91 bits per heavy atom. The van der Waals surface area contributed by atoms with Crippen molar-refractivity contribution in [2.24, 2.45) is 0 Å². The van der Waals surface area contributed by atoms with E-state index in [1.165, 1.54) is 0 Å². The van der Waals surface area contributed by atoms with Crippen molar-refractivity contribution >= 4 is 0 Å². The highest BCUT2D eigenvalue weighted by molar-refractivity contribution is 4.98. The third-order valence-electron chi connectivity index (χ3n) is 1.23. The summed E-state index contributed by atoms with van der Waals surface area (Å²) in [7, 11) is 0. The Bertz CT molecular complexity index is 167. The third-order valence-corrected chi connectivity index (χ3v) is 1.23. The molecule has 5 nitrogen and oxygen atoms in total. The molecule has 1 fully saturated rings. The van der Waals surface area contributed by atoms with Crippen LogP contribution in [0.4, 0.5) is 0 Å². The van der Waals surface area contributed by atoms with Crippen molar-refractivity contribution in [2.45, 2.75) is 0 Å². The van der Waals surface area contributed by atoms with Crippen LogP contribution in [-0.2, 0) is 9.47 Å². The average Bonchev–Trinajstić information content (AvgIpc) is 2.14. The molecule has 11 heavy (non-hydrogen) atoms. The number of hydrogen-bond acceptors (Lipinski definition) is 4. The highest BCUT2D eigenvalue weighted by Crippen LogP contribution is 2.01. The summed E-state index contributed by atoms with van der Waals surface area (Å²) in [6, 6.07) is 0. The summed E-state index contributed by atoms with van der Waals surface area (Å²) in [6.45, 7) is 1.63. The van der Waals surface area contributed by atoms with Crippen LogP contribution in [-0.4, -0.2) is 31.4 Å². The van der Waals surface area contributed by atoms with Crippen LogP contribution in [0, 0.1) is 10.1 Å². The van der Waals surface area contributed by atoms with Gasteiger partial charge in [0.05, 0.1) is 36.9 Å². The number of nitrogens with zero attached hydrogens (tertiary/aromatic N) is 1. The molecular formula is C6H9NO4. The summed E-state index contributed by atoms with van der Waals surface area (Å²) < 4.78 is 10.0. The molecule has 0 aromatic rings. The number of hydrogen-bond donors (Lipinski definition) is 0. The van der Waals surface area contributed by atoms with Crippen molar-refractivity contribution in [1.29, 1.82) is 0 Å². The minimum Gasteiger partial charge on any atom is -0.374 e. The van der Waals surface area contributed by atoms with Crippen molar-refractivity contribution < 1.29 is 14.4 Å². The van der Waals surface area contributed by atoms with Crippen LogP contribution in [0.25, 0.3) is 0 Å². The van der Waals surface area contributed by atoms with Crippen LogP contribution in [0.15, 0.2) is 11.8 Å². The second-order valence-corrected chi connectivity index (χ2v) is 2.18. The van der Waals surface area contributed by atoms with Gasteiger partial charge < -0.3 is 9.47 Å². The number of nitro groups is 1. The zero-order valence-electron chi connectivity index (χ0n) is 5.99. The van der Waals surface area contributed by atoms with Gasteiger partial charge in [-0.05, 0) is 0 Å². The molecule has 1 rings (SSSR count). The van der Waals surface area contributed by atoms with Gasteiger partial charge in [-0.25, -0.2) is 0 Å². The van der Waals surface area contributed by atoms with Crippen LogP contribution in [0.5, 0.6) is 0 Å². The topological polar surface area (TPSA) is 61.6 Å². The second kappa shape index (κ2) is 4.05. The molecule has 0 bridgehead atoms. The Labute approximate surface area is 63.7 Å². The van der Waals surface area contributed by atoms with E-state index < -0.39 is 4.92 Å². The van der Waals surface area contributed by atoms with Crippen molar-refractivity contribution in [2.75, 3.05) is 26.4 Å². The van der Waals surface area contributed by atoms with Gasteiger partial charge in [0, 0.05) is 0 Å². The zero-order valence-corrected chi connectivity index (χ0v) is 5.99. The molecule has 1 heterocycles. The molecule has 1 saturated heterocycles. The first-order valence-electron chi connectivity index (χ1n) is 3.27. The van der Waals surface area contributed by atoms with Crippen LogP contribution < -0.4 is 0 Å². The van der Waals surface area contributed by atoms with Gasteiger partial charge in [0.2, 0.25) is 6.20 Å². The molecular weight excluding hydrogens is 150 g/mol. The largest absolute Gasteiger partial charge is 0.374 e. The third kappa shape index (κ3) is 3.10. The molecule has 0 aromatic heterocycles. The van der Waals surface area contributed by atoms with Gasteiger partial charge in [0.25, 0.3) is 0 Å². The Balaban J connectivity index is 2.48. The molecule has 0 spiro atoms. The summed E-state index contributed by atoms with van der Waals surface area (Å²) in [6.07, 6.45) is 0.936. The molecule has 0 aromatic carbocycles. The smallest absolute Gasteiger partial charge is 0.238 e. The molecule has 0 aliphatic carbocycles. The molecule has 1 aliphatic rings. The molecule has 5 heteroatoms. The average molecular weight is 159 g/mol. The molecule has 0 amide bonds. The van der Waals surface area contributed by atoms with E-state index in [9.17, 15) is 10.1 Å². The van der Waals surface area contributed by atoms with Gasteiger partial charge in [-0.15, -0.1) is 0 Å². The fourth-order valence-electron chi connectivity index (χ4n) is 0.790. The Kier molecular flexibility index (Phi) is 3.00. The predicted molar refractivity (Wildman–Crippen MR) is 36.7 cm³/mol. The van der Waals surface area contributed by atoms with Gasteiger partial charge in [-0.2, -0.15) is 0 Å². The Morgan fingerprint density at radius 1 is 1.36 bits per heavy atom. The quantitative estimate of drug-likeness (QED) is 0.405. The highest BCUT2D eigenvalue weighted by atomic mass is 16.6. The van der Waals surface area contributed by atoms with Gasteiger partial charge in [-0.3, -0.25) is 10.1 Å². The van der Waals surface area contributed by atoms with Crippen molar-refractivity contribution in [1.82, 2.24) is 0 Å². The molecule has 0 atom stereocenters. The van der Waals surface area contributed by atoms with Crippen molar-refractivity contribution in [3.05, 3.63) is 21.9 Å². The molecule has 0 saturated carbocycles. The van der Waals surface area contributed by atoms with E-state index in [4.69, 9.17) is 9.47 Å². The summed E-state index contributed by atoms with van der Waals surface area (Å²) >= 11 is 0. The molecule has 1 aliphatic heterocycles. The molecule has 0 radical (unpaired) electrons. The first-order chi connectivity index (χ1) is 5.29. The first kappa shape index (κ1) is 8.16. The zero-order chi connectivity index (χ0) is 8.10. The lowest BCUT2D eigenvalue weighted by Gasteiger charge is -1.95. The fraction of sp³-hybridized carbons (Fsp3) is 0.667. The van der Waals surface area contributed by atoms with Crippen LogP contribution >= 0.6 is 0 Å². The van der Waals surface area contributed by atoms with E-state index in [1.807, 2.05) is 0 Å². The van der Waals surface area contributed by atoms with Crippen molar-refractivity contribution in [3.63, 3.8) is 0 Å². The minimum atomic E-state index is -0.493. The van der Waals surface area contributed by atoms with Gasteiger partial charge in [0.15, 0.2) is 0 Å². The van der Waals surface area contributed by atoms with E-state index in [-0.39, 0.29) is 0 Å². The van der Waals surface area contributed by atoms with E-state index >= 15 is 0 Å². The molecule has 0 N–H and O–H groups in total. The van der Waals surface area contributed by atoms with Gasteiger partial charge >= 0.3 is 0 Å². The summed E-state index contributed by atoms with van der Waals surface area (Å²) in [4.78, 5) is 9.51. The number of ether oxygens (including phenoxy) is 2. The van der Waals surface area contributed by atoms with E-state index in [2.05, 4.69) is 0 Å². The Hall–Kier alpha value is -0.940. The van der Waals surface area contributed by atoms with Crippen LogP contribution in [0.3, 0.4) is 0 Å². The maximum atomic E-state index is 10.00. The van der Waals surface area contributed by atoms with E-state index in [0.717, 1.165) is 6.20 Å². The van der Waals surface area contributed by atoms with Crippen LogP contribution in [0.2, 0.25) is 0 Å². The Morgan fingerprint density at radius 3 is 2.36 bits per heavy atom. The summed E-state index contributed by atoms with van der Waals surface area (Å²) in [5.74, 6) is 0. The van der Waals surface area contributed by atoms with Gasteiger partial charge in [0.1, 0.15) is 0 Å². The predicted octanol–water partition coefficient (Wildman–Crippen LogP) is 0.194. The lowest BCUT2D eigenvalue weighted by atomic mass is 10.3. The lowest BCUT2D eigenvalue weighted by Crippen LogP contribution is -2.01. The highest BCUT2D eigenvalue weighted by Gasteiger charge is 2.07. The van der Waals surface area contributed by atoms with Crippen LogP contribution in [0.1, 0.15) is 0 Å².